The summed E-state index contributed by atoms with van der Waals surface area (Å²) < 4.78 is 24.4. The minimum atomic E-state index is -2.43. The number of rotatable bonds is 1. The van der Waals surface area contributed by atoms with Crippen molar-refractivity contribution in [1.29, 1.82) is 0 Å². The van der Waals surface area contributed by atoms with Crippen LogP contribution in [0.4, 0.5) is 8.78 Å². The van der Waals surface area contributed by atoms with Crippen LogP contribution in [0, 0.1) is 11.8 Å². The van der Waals surface area contributed by atoms with Crippen LogP contribution < -0.4 is 0 Å². The third-order valence-electron chi connectivity index (χ3n) is 1.45. The van der Waals surface area contributed by atoms with Gasteiger partial charge in [0.15, 0.2) is 0 Å². The van der Waals surface area contributed by atoms with Crippen LogP contribution in [-0.2, 0) is 0 Å². The highest BCUT2D eigenvalue weighted by Crippen LogP contribution is 2.18. The lowest BCUT2D eigenvalue weighted by Crippen LogP contribution is -1.84. The summed E-state index contributed by atoms with van der Waals surface area (Å²) in [7, 11) is 0. The number of halogens is 2. The lowest BCUT2D eigenvalue weighted by molar-refractivity contribution is 0.151. The van der Waals surface area contributed by atoms with Gasteiger partial charge in [0.05, 0.1) is 5.75 Å². The van der Waals surface area contributed by atoms with Gasteiger partial charge in [-0.15, -0.1) is 0 Å². The Morgan fingerprint density at radius 3 is 2.77 bits per heavy atom. The molecule has 1 aromatic carbocycles. The summed E-state index contributed by atoms with van der Waals surface area (Å²) in [5.74, 6) is 5.86. The average Bonchev–Trinajstić information content (AvgIpc) is 2.15. The van der Waals surface area contributed by atoms with Gasteiger partial charge in [-0.3, -0.25) is 0 Å². The van der Waals surface area contributed by atoms with E-state index in [2.05, 4.69) is 24.5 Å². The van der Waals surface area contributed by atoms with Gasteiger partial charge in [0.1, 0.15) is 0 Å². The molecule has 0 bridgehead atoms. The van der Waals surface area contributed by atoms with E-state index in [1.807, 2.05) is 0 Å². The molecular weight excluding hydrogens is 190 g/mol. The predicted octanol–water partition coefficient (Wildman–Crippen LogP) is 2.91. The van der Waals surface area contributed by atoms with E-state index >= 15 is 0 Å². The van der Waals surface area contributed by atoms with Gasteiger partial charge in [0.25, 0.3) is 6.43 Å². The smallest absolute Gasteiger partial charge is 0.205 e. The molecule has 0 saturated heterocycles. The van der Waals surface area contributed by atoms with E-state index in [0.717, 1.165) is 0 Å². The Bertz CT molecular complexity index is 336. The van der Waals surface area contributed by atoms with E-state index in [1.165, 1.54) is 12.1 Å². The number of alkyl halides is 2. The van der Waals surface area contributed by atoms with Crippen molar-refractivity contribution in [2.24, 2.45) is 0 Å². The highest BCUT2D eigenvalue weighted by Gasteiger charge is 2.05. The molecule has 0 aromatic heterocycles. The Balaban J connectivity index is 2.92. The fraction of sp³-hybridized carbons (Fsp3) is 0.200. The van der Waals surface area contributed by atoms with Gasteiger partial charge in [0.2, 0.25) is 0 Å². The van der Waals surface area contributed by atoms with Crippen molar-refractivity contribution >= 4 is 12.6 Å². The molecule has 0 saturated carbocycles. The molecule has 3 heteroatoms. The highest BCUT2D eigenvalue weighted by molar-refractivity contribution is 7.80. The molecular formula is C10H8F2S. The molecule has 1 aromatic rings. The SMILES string of the molecule is FC(F)c1cccc(C#CCS)c1. The van der Waals surface area contributed by atoms with E-state index in [4.69, 9.17) is 0 Å². The molecule has 0 fully saturated rings. The zero-order valence-electron chi connectivity index (χ0n) is 6.80. The van der Waals surface area contributed by atoms with Crippen molar-refractivity contribution in [2.75, 3.05) is 5.75 Å². The first-order chi connectivity index (χ1) is 6.24. The van der Waals surface area contributed by atoms with Gasteiger partial charge in [0, 0.05) is 11.1 Å². The van der Waals surface area contributed by atoms with Crippen LogP contribution in [0.3, 0.4) is 0 Å². The second kappa shape index (κ2) is 4.88. The summed E-state index contributed by atoms with van der Waals surface area (Å²) in [6.07, 6.45) is -2.43. The fourth-order valence-corrected chi connectivity index (χ4v) is 0.973. The molecule has 0 aliphatic carbocycles. The normalized spacial score (nSPS) is 9.54. The maximum atomic E-state index is 12.2. The van der Waals surface area contributed by atoms with Gasteiger partial charge in [-0.1, -0.05) is 24.0 Å². The van der Waals surface area contributed by atoms with E-state index in [9.17, 15) is 8.78 Å². The predicted molar refractivity (Wildman–Crippen MR) is 52.1 cm³/mol. The molecule has 68 valence electrons. The zero-order chi connectivity index (χ0) is 9.68. The van der Waals surface area contributed by atoms with Crippen LogP contribution in [-0.4, -0.2) is 5.75 Å². The number of thiol groups is 1. The Morgan fingerprint density at radius 1 is 1.38 bits per heavy atom. The number of hydrogen-bond acceptors (Lipinski definition) is 1. The molecule has 0 aliphatic rings. The van der Waals surface area contributed by atoms with Crippen molar-refractivity contribution in [3.05, 3.63) is 35.4 Å². The highest BCUT2D eigenvalue weighted by atomic mass is 32.1. The molecule has 0 aliphatic heterocycles. The Labute approximate surface area is 81.4 Å². The van der Waals surface area contributed by atoms with Crippen LogP contribution in [0.5, 0.6) is 0 Å². The summed E-state index contributed by atoms with van der Waals surface area (Å²) in [6, 6.07) is 6.05. The Morgan fingerprint density at radius 2 is 2.15 bits per heavy atom. The van der Waals surface area contributed by atoms with Gasteiger partial charge in [-0.25, -0.2) is 8.78 Å². The minimum absolute atomic E-state index is 0.00552. The van der Waals surface area contributed by atoms with Crippen LogP contribution >= 0.6 is 12.6 Å². The first-order valence-corrected chi connectivity index (χ1v) is 4.35. The molecule has 0 unspecified atom stereocenters. The van der Waals surface area contributed by atoms with Crippen molar-refractivity contribution in [2.45, 2.75) is 6.43 Å². The molecule has 0 amide bonds. The van der Waals surface area contributed by atoms with Crippen LogP contribution in [0.15, 0.2) is 24.3 Å². The number of benzene rings is 1. The van der Waals surface area contributed by atoms with Gasteiger partial charge < -0.3 is 0 Å². The lowest BCUT2D eigenvalue weighted by atomic mass is 10.1. The van der Waals surface area contributed by atoms with E-state index < -0.39 is 6.43 Å². The van der Waals surface area contributed by atoms with E-state index in [0.29, 0.717) is 11.3 Å². The van der Waals surface area contributed by atoms with Crippen molar-refractivity contribution in [1.82, 2.24) is 0 Å². The van der Waals surface area contributed by atoms with E-state index in [1.54, 1.807) is 12.1 Å². The Hall–Kier alpha value is -1.01. The van der Waals surface area contributed by atoms with E-state index in [-0.39, 0.29) is 5.56 Å². The van der Waals surface area contributed by atoms with Gasteiger partial charge in [-0.2, -0.15) is 12.6 Å². The topological polar surface area (TPSA) is 0 Å². The molecule has 0 nitrogen and oxygen atoms in total. The standard InChI is InChI=1S/C10H8F2S/c11-10(12)9-5-1-3-8(7-9)4-2-6-13/h1,3,5,7,10,13H,6H2. The first-order valence-electron chi connectivity index (χ1n) is 3.72. The minimum Gasteiger partial charge on any atom is -0.205 e. The van der Waals surface area contributed by atoms with Gasteiger partial charge >= 0.3 is 0 Å². The first kappa shape index (κ1) is 10.1. The maximum absolute atomic E-state index is 12.2. The lowest BCUT2D eigenvalue weighted by Gasteiger charge is -1.98. The summed E-state index contributed by atoms with van der Waals surface area (Å²) in [5.41, 5.74) is 0.609. The summed E-state index contributed by atoms with van der Waals surface area (Å²) in [5, 5.41) is 0. The fourth-order valence-electron chi connectivity index (χ4n) is 0.894. The average molecular weight is 198 g/mol. The maximum Gasteiger partial charge on any atom is 0.263 e. The summed E-state index contributed by atoms with van der Waals surface area (Å²) in [6.45, 7) is 0. The van der Waals surface area contributed by atoms with Crippen LogP contribution in [0.1, 0.15) is 17.6 Å². The monoisotopic (exact) mass is 198 g/mol. The van der Waals surface area contributed by atoms with Gasteiger partial charge in [-0.05, 0) is 12.1 Å². The molecule has 0 N–H and O–H groups in total. The summed E-state index contributed by atoms with van der Waals surface area (Å²) in [4.78, 5) is 0. The summed E-state index contributed by atoms with van der Waals surface area (Å²) >= 11 is 3.90. The zero-order valence-corrected chi connectivity index (χ0v) is 7.69. The third kappa shape index (κ3) is 3.08. The van der Waals surface area contributed by atoms with Crippen molar-refractivity contribution in [3.8, 4) is 11.8 Å². The second-order valence-electron chi connectivity index (χ2n) is 2.39. The van der Waals surface area contributed by atoms with Crippen molar-refractivity contribution < 1.29 is 8.78 Å². The number of hydrogen-bond donors (Lipinski definition) is 1. The van der Waals surface area contributed by atoms with Crippen LogP contribution in [0.25, 0.3) is 0 Å². The second-order valence-corrected chi connectivity index (χ2v) is 2.70. The largest absolute Gasteiger partial charge is 0.263 e. The quantitative estimate of drug-likeness (QED) is 0.520. The van der Waals surface area contributed by atoms with Crippen molar-refractivity contribution in [3.63, 3.8) is 0 Å². The Kier molecular flexibility index (Phi) is 3.78. The molecule has 0 radical (unpaired) electrons. The molecule has 0 heterocycles. The third-order valence-corrected chi connectivity index (χ3v) is 1.61. The molecule has 0 atom stereocenters. The molecule has 1 rings (SSSR count). The van der Waals surface area contributed by atoms with Crippen LogP contribution in [0.2, 0.25) is 0 Å². The molecule has 0 spiro atoms. The molecule has 13 heavy (non-hydrogen) atoms.